The molecule has 1 aromatic heterocycles. The zero-order valence-electron chi connectivity index (χ0n) is 10.7. The van der Waals surface area contributed by atoms with Crippen molar-refractivity contribution in [2.45, 2.75) is 38.8 Å². The first-order valence-electron chi connectivity index (χ1n) is 6.02. The van der Waals surface area contributed by atoms with Gasteiger partial charge in [0.15, 0.2) is 0 Å². The summed E-state index contributed by atoms with van der Waals surface area (Å²) in [7, 11) is 1.87. The number of ether oxygens (including phenoxy) is 1. The molecule has 0 unspecified atom stereocenters. The highest BCUT2D eigenvalue weighted by Crippen LogP contribution is 2.23. The van der Waals surface area contributed by atoms with Crippen LogP contribution in [0.2, 0.25) is 5.15 Å². The Kier molecular flexibility index (Phi) is 3.76. The molecule has 1 aromatic rings. The Labute approximate surface area is 107 Å². The normalized spacial score (nSPS) is 19.5. The summed E-state index contributed by atoms with van der Waals surface area (Å²) in [5, 5.41) is 8.64. The van der Waals surface area contributed by atoms with Gasteiger partial charge in [0.25, 0.3) is 0 Å². The van der Waals surface area contributed by atoms with Crippen LogP contribution in [0.3, 0.4) is 0 Å². The standard InChI is InChI=1S/C12H20ClN3O/c1-9-10(11(13)16(3)15-9)8-14-12(2)4-6-17-7-5-12/h14H,4-8H2,1-3H3. The monoisotopic (exact) mass is 257 g/mol. The van der Waals surface area contributed by atoms with Gasteiger partial charge in [-0.1, -0.05) is 11.6 Å². The first kappa shape index (κ1) is 12.9. The average Bonchev–Trinajstić information content (AvgIpc) is 2.52. The van der Waals surface area contributed by atoms with Crippen molar-refractivity contribution in [3.8, 4) is 0 Å². The van der Waals surface area contributed by atoms with E-state index in [0.29, 0.717) is 0 Å². The largest absolute Gasteiger partial charge is 0.381 e. The average molecular weight is 258 g/mol. The molecule has 1 N–H and O–H groups in total. The lowest BCUT2D eigenvalue weighted by Crippen LogP contribution is -2.46. The van der Waals surface area contributed by atoms with Crippen molar-refractivity contribution >= 4 is 11.6 Å². The molecule has 1 aliphatic heterocycles. The lowest BCUT2D eigenvalue weighted by molar-refractivity contribution is 0.0446. The molecule has 1 saturated heterocycles. The zero-order chi connectivity index (χ0) is 12.5. The first-order chi connectivity index (χ1) is 8.02. The summed E-state index contributed by atoms with van der Waals surface area (Å²) in [6, 6.07) is 0. The van der Waals surface area contributed by atoms with E-state index in [1.807, 2.05) is 14.0 Å². The Morgan fingerprint density at radius 1 is 1.47 bits per heavy atom. The Hall–Kier alpha value is -0.580. The number of hydrogen-bond acceptors (Lipinski definition) is 3. The zero-order valence-corrected chi connectivity index (χ0v) is 11.5. The Balaban J connectivity index is 2.01. The van der Waals surface area contributed by atoms with E-state index in [4.69, 9.17) is 16.3 Å². The van der Waals surface area contributed by atoms with Gasteiger partial charge in [0.2, 0.25) is 0 Å². The van der Waals surface area contributed by atoms with Crippen molar-refractivity contribution < 1.29 is 4.74 Å². The molecule has 96 valence electrons. The third-order valence-corrected chi connectivity index (χ3v) is 4.03. The van der Waals surface area contributed by atoms with E-state index in [9.17, 15) is 0 Å². The summed E-state index contributed by atoms with van der Waals surface area (Å²) >= 11 is 6.21. The second-order valence-electron chi connectivity index (χ2n) is 5.00. The highest BCUT2D eigenvalue weighted by Gasteiger charge is 2.27. The summed E-state index contributed by atoms with van der Waals surface area (Å²) in [5.74, 6) is 0. The summed E-state index contributed by atoms with van der Waals surface area (Å²) in [4.78, 5) is 0. The van der Waals surface area contributed by atoms with Gasteiger partial charge in [-0.3, -0.25) is 4.68 Å². The molecule has 2 heterocycles. The maximum atomic E-state index is 6.21. The summed E-state index contributed by atoms with van der Waals surface area (Å²) in [6.45, 7) is 6.69. The molecule has 0 atom stereocenters. The smallest absolute Gasteiger partial charge is 0.131 e. The second-order valence-corrected chi connectivity index (χ2v) is 5.36. The summed E-state index contributed by atoms with van der Waals surface area (Å²) < 4.78 is 7.11. The predicted octanol–water partition coefficient (Wildman–Crippen LogP) is 2.04. The van der Waals surface area contributed by atoms with Crippen LogP contribution in [0.25, 0.3) is 0 Å². The first-order valence-corrected chi connectivity index (χ1v) is 6.40. The fourth-order valence-corrected chi connectivity index (χ4v) is 2.42. The van der Waals surface area contributed by atoms with E-state index >= 15 is 0 Å². The summed E-state index contributed by atoms with van der Waals surface area (Å²) in [5.41, 5.74) is 2.26. The molecule has 0 spiro atoms. The van der Waals surface area contributed by atoms with E-state index in [1.54, 1.807) is 4.68 Å². The van der Waals surface area contributed by atoms with E-state index in [1.165, 1.54) is 0 Å². The van der Waals surface area contributed by atoms with Gasteiger partial charge in [-0.05, 0) is 26.7 Å². The van der Waals surface area contributed by atoms with Crippen LogP contribution in [0.1, 0.15) is 31.0 Å². The number of nitrogens with one attached hydrogen (secondary N) is 1. The third-order valence-electron chi connectivity index (χ3n) is 3.56. The van der Waals surface area contributed by atoms with E-state index in [-0.39, 0.29) is 5.54 Å². The highest BCUT2D eigenvalue weighted by molar-refractivity contribution is 6.30. The SMILES string of the molecule is Cc1nn(C)c(Cl)c1CNC1(C)CCOCC1. The van der Waals surface area contributed by atoms with Crippen LogP contribution in [0.5, 0.6) is 0 Å². The molecule has 1 fully saturated rings. The number of aromatic nitrogens is 2. The highest BCUT2D eigenvalue weighted by atomic mass is 35.5. The number of hydrogen-bond donors (Lipinski definition) is 1. The molecule has 17 heavy (non-hydrogen) atoms. The van der Waals surface area contributed by atoms with Crippen LogP contribution in [0.4, 0.5) is 0 Å². The van der Waals surface area contributed by atoms with Gasteiger partial charge < -0.3 is 10.1 Å². The Morgan fingerprint density at radius 3 is 2.65 bits per heavy atom. The van der Waals surface area contributed by atoms with Crippen molar-refractivity contribution in [2.75, 3.05) is 13.2 Å². The predicted molar refractivity (Wildman–Crippen MR) is 68.3 cm³/mol. The van der Waals surface area contributed by atoms with Crippen LogP contribution in [-0.2, 0) is 18.3 Å². The number of halogens is 1. The molecule has 0 aliphatic carbocycles. The fraction of sp³-hybridized carbons (Fsp3) is 0.750. The van der Waals surface area contributed by atoms with Crippen LogP contribution in [-0.4, -0.2) is 28.5 Å². The lowest BCUT2D eigenvalue weighted by atomic mass is 9.92. The van der Waals surface area contributed by atoms with Gasteiger partial charge in [-0.15, -0.1) is 0 Å². The molecule has 2 rings (SSSR count). The number of nitrogens with zero attached hydrogens (tertiary/aromatic N) is 2. The van der Waals surface area contributed by atoms with Crippen molar-refractivity contribution in [2.24, 2.45) is 7.05 Å². The summed E-state index contributed by atoms with van der Waals surface area (Å²) in [6.07, 6.45) is 2.09. The van der Waals surface area contributed by atoms with E-state index in [2.05, 4.69) is 17.3 Å². The van der Waals surface area contributed by atoms with Gasteiger partial charge in [0.1, 0.15) is 5.15 Å². The van der Waals surface area contributed by atoms with Crippen molar-refractivity contribution in [3.63, 3.8) is 0 Å². The molecule has 0 aromatic carbocycles. The van der Waals surface area contributed by atoms with Crippen LogP contribution < -0.4 is 5.32 Å². The van der Waals surface area contributed by atoms with Gasteiger partial charge in [-0.2, -0.15) is 5.10 Å². The lowest BCUT2D eigenvalue weighted by Gasteiger charge is -2.34. The minimum atomic E-state index is 0.157. The topological polar surface area (TPSA) is 39.1 Å². The molecule has 1 aliphatic rings. The minimum Gasteiger partial charge on any atom is -0.381 e. The fourth-order valence-electron chi connectivity index (χ4n) is 2.18. The maximum absolute atomic E-state index is 6.21. The molecular formula is C12H20ClN3O. The van der Waals surface area contributed by atoms with Crippen LogP contribution in [0.15, 0.2) is 0 Å². The molecule has 5 heteroatoms. The third kappa shape index (κ3) is 2.81. The number of aryl methyl sites for hydroxylation is 2. The second kappa shape index (κ2) is 4.96. The molecule has 0 bridgehead atoms. The van der Waals surface area contributed by atoms with Gasteiger partial charge in [-0.25, -0.2) is 0 Å². The van der Waals surface area contributed by atoms with Gasteiger partial charge in [0.05, 0.1) is 5.69 Å². The molecule has 0 amide bonds. The molecule has 0 radical (unpaired) electrons. The van der Waals surface area contributed by atoms with Crippen LogP contribution in [0, 0.1) is 6.92 Å². The molecule has 0 saturated carbocycles. The molecular weight excluding hydrogens is 238 g/mol. The minimum absolute atomic E-state index is 0.157. The van der Waals surface area contributed by atoms with Crippen molar-refractivity contribution in [3.05, 3.63) is 16.4 Å². The Bertz CT molecular complexity index is 397. The number of rotatable bonds is 3. The van der Waals surface area contributed by atoms with Gasteiger partial charge in [0, 0.05) is 37.9 Å². The molecule has 4 nitrogen and oxygen atoms in total. The Morgan fingerprint density at radius 2 is 2.12 bits per heavy atom. The van der Waals surface area contributed by atoms with Crippen LogP contribution >= 0.6 is 11.6 Å². The van der Waals surface area contributed by atoms with E-state index < -0.39 is 0 Å². The van der Waals surface area contributed by atoms with Crippen molar-refractivity contribution in [1.82, 2.24) is 15.1 Å². The van der Waals surface area contributed by atoms with Crippen molar-refractivity contribution in [1.29, 1.82) is 0 Å². The van der Waals surface area contributed by atoms with E-state index in [0.717, 1.165) is 49.0 Å². The quantitative estimate of drug-likeness (QED) is 0.901. The maximum Gasteiger partial charge on any atom is 0.131 e. The van der Waals surface area contributed by atoms with Gasteiger partial charge >= 0.3 is 0 Å².